The Bertz CT molecular complexity index is 799. The molecule has 150 valence electrons. The van der Waals surface area contributed by atoms with Crippen LogP contribution in [-0.2, 0) is 9.59 Å². The van der Waals surface area contributed by atoms with Crippen LogP contribution in [-0.4, -0.2) is 42.5 Å². The number of amides is 2. The van der Waals surface area contributed by atoms with Crippen LogP contribution < -0.4 is 14.8 Å². The van der Waals surface area contributed by atoms with E-state index in [1.54, 1.807) is 31.4 Å². The Morgan fingerprint density at radius 3 is 2.11 bits per heavy atom. The molecular weight excluding hydrogens is 363 g/mol. The molecule has 0 saturated carbocycles. The van der Waals surface area contributed by atoms with Gasteiger partial charge in [-0.05, 0) is 69.3 Å². The van der Waals surface area contributed by atoms with Crippen LogP contribution >= 0.6 is 0 Å². The van der Waals surface area contributed by atoms with Crippen molar-refractivity contribution in [3.63, 3.8) is 0 Å². The number of methoxy groups -OCH3 is 1. The summed E-state index contributed by atoms with van der Waals surface area (Å²) in [4.78, 5) is 26.5. The number of rotatable bonds is 7. The third kappa shape index (κ3) is 6.26. The van der Waals surface area contributed by atoms with Gasteiger partial charge in [-0.3, -0.25) is 9.59 Å². The van der Waals surface area contributed by atoms with E-state index in [1.165, 1.54) is 29.2 Å². The maximum atomic E-state index is 13.0. The lowest BCUT2D eigenvalue weighted by molar-refractivity contribution is -0.141. The number of carbonyl (C=O) groups is 2. The molecule has 0 aliphatic heterocycles. The first kappa shape index (κ1) is 21.2. The van der Waals surface area contributed by atoms with Gasteiger partial charge in [0.05, 0.1) is 7.11 Å². The molecule has 0 aliphatic rings. The Morgan fingerprint density at radius 1 is 1.00 bits per heavy atom. The number of halogens is 1. The van der Waals surface area contributed by atoms with Crippen molar-refractivity contribution in [2.75, 3.05) is 25.6 Å². The van der Waals surface area contributed by atoms with Crippen molar-refractivity contribution in [3.8, 4) is 11.5 Å². The number of nitrogens with one attached hydrogen (secondary N) is 1. The van der Waals surface area contributed by atoms with Gasteiger partial charge in [-0.15, -0.1) is 0 Å². The van der Waals surface area contributed by atoms with Crippen LogP contribution in [0.1, 0.15) is 20.8 Å². The Morgan fingerprint density at radius 2 is 1.57 bits per heavy atom. The van der Waals surface area contributed by atoms with Crippen molar-refractivity contribution in [1.82, 2.24) is 4.90 Å². The van der Waals surface area contributed by atoms with Crippen molar-refractivity contribution >= 4 is 17.5 Å². The fourth-order valence-corrected chi connectivity index (χ4v) is 2.47. The number of hydrogen-bond acceptors (Lipinski definition) is 4. The number of benzene rings is 2. The predicted molar refractivity (Wildman–Crippen MR) is 105 cm³/mol. The highest BCUT2D eigenvalue weighted by Gasteiger charge is 2.28. The van der Waals surface area contributed by atoms with E-state index in [4.69, 9.17) is 9.47 Å². The normalized spacial score (nSPS) is 10.9. The van der Waals surface area contributed by atoms with Crippen molar-refractivity contribution < 1.29 is 23.5 Å². The van der Waals surface area contributed by atoms with Crippen LogP contribution in [0, 0.1) is 5.82 Å². The first-order valence-electron chi connectivity index (χ1n) is 8.82. The highest BCUT2D eigenvalue weighted by Crippen LogP contribution is 2.18. The Kier molecular flexibility index (Phi) is 6.98. The number of carbonyl (C=O) groups excluding carboxylic acids is 2. The summed E-state index contributed by atoms with van der Waals surface area (Å²) in [6, 6.07) is 12.3. The number of ether oxygens (including phenoxy) is 2. The molecule has 6 nitrogen and oxygen atoms in total. The third-order valence-electron chi connectivity index (χ3n) is 3.96. The Labute approximate surface area is 164 Å². The van der Waals surface area contributed by atoms with Gasteiger partial charge in [-0.1, -0.05) is 0 Å². The minimum absolute atomic E-state index is 0.147. The fourth-order valence-electron chi connectivity index (χ4n) is 2.47. The van der Waals surface area contributed by atoms with Crippen molar-refractivity contribution in [2.45, 2.75) is 26.3 Å². The number of anilines is 1. The van der Waals surface area contributed by atoms with E-state index in [0.717, 1.165) is 0 Å². The van der Waals surface area contributed by atoms with Crippen LogP contribution in [0.3, 0.4) is 0 Å². The quantitative estimate of drug-likeness (QED) is 0.789. The molecule has 0 aromatic heterocycles. The van der Waals surface area contributed by atoms with Crippen molar-refractivity contribution in [1.29, 1.82) is 0 Å². The summed E-state index contributed by atoms with van der Waals surface area (Å²) in [5.74, 6) is 0.128. The Hall–Kier alpha value is -3.09. The molecule has 1 N–H and O–H groups in total. The van der Waals surface area contributed by atoms with Crippen molar-refractivity contribution in [2.24, 2.45) is 0 Å². The molecule has 2 aromatic rings. The van der Waals surface area contributed by atoms with Crippen LogP contribution in [0.4, 0.5) is 10.1 Å². The minimum atomic E-state index is -0.583. The molecule has 28 heavy (non-hydrogen) atoms. The van der Waals surface area contributed by atoms with Gasteiger partial charge in [0, 0.05) is 11.2 Å². The second-order valence-electron chi connectivity index (χ2n) is 7.17. The molecule has 0 aliphatic carbocycles. The van der Waals surface area contributed by atoms with Crippen molar-refractivity contribution in [3.05, 3.63) is 54.3 Å². The van der Waals surface area contributed by atoms with Gasteiger partial charge in [0.25, 0.3) is 5.91 Å². The van der Waals surface area contributed by atoms with Gasteiger partial charge in [0.1, 0.15) is 23.9 Å². The van der Waals surface area contributed by atoms with Crippen LogP contribution in [0.5, 0.6) is 11.5 Å². The van der Waals surface area contributed by atoms with Gasteiger partial charge in [-0.2, -0.15) is 0 Å². The number of nitrogens with zero attached hydrogens (tertiary/aromatic N) is 1. The molecule has 0 atom stereocenters. The molecule has 0 spiro atoms. The first-order valence-corrected chi connectivity index (χ1v) is 8.82. The summed E-state index contributed by atoms with van der Waals surface area (Å²) >= 11 is 0. The summed E-state index contributed by atoms with van der Waals surface area (Å²) in [5, 5.41) is 2.66. The van der Waals surface area contributed by atoms with E-state index >= 15 is 0 Å². The highest BCUT2D eigenvalue weighted by atomic mass is 19.1. The average molecular weight is 388 g/mol. The lowest BCUT2D eigenvalue weighted by atomic mass is 10.1. The summed E-state index contributed by atoms with van der Waals surface area (Å²) in [6.07, 6.45) is 0. The smallest absolute Gasteiger partial charge is 0.261 e. The fraction of sp³-hybridized carbons (Fsp3) is 0.333. The topological polar surface area (TPSA) is 67.9 Å². The van der Waals surface area contributed by atoms with E-state index < -0.39 is 5.54 Å². The molecule has 7 heteroatoms. The maximum Gasteiger partial charge on any atom is 0.261 e. The molecule has 2 aromatic carbocycles. The maximum absolute atomic E-state index is 13.0. The molecular formula is C21H25FN2O4. The standard InChI is InChI=1S/C21H25FN2O4/c1-21(2,3)24(13-19(25)23-16-7-5-15(22)6-8-16)20(26)14-28-18-11-9-17(27-4)10-12-18/h5-12H,13-14H2,1-4H3,(H,23,25). The third-order valence-corrected chi connectivity index (χ3v) is 3.96. The van der Waals surface area contributed by atoms with E-state index in [1.807, 2.05) is 20.8 Å². The SMILES string of the molecule is COc1ccc(OCC(=O)N(CC(=O)Nc2ccc(F)cc2)C(C)(C)C)cc1. The zero-order valence-electron chi connectivity index (χ0n) is 16.5. The molecule has 2 amide bonds. The summed E-state index contributed by atoms with van der Waals surface area (Å²) in [5.41, 5.74) is -0.122. The lowest BCUT2D eigenvalue weighted by Gasteiger charge is -2.35. The lowest BCUT2D eigenvalue weighted by Crippen LogP contribution is -2.51. The Balaban J connectivity index is 1.98. The van der Waals surface area contributed by atoms with E-state index in [9.17, 15) is 14.0 Å². The van der Waals surface area contributed by atoms with E-state index in [2.05, 4.69) is 5.32 Å². The van der Waals surface area contributed by atoms with Crippen LogP contribution in [0.25, 0.3) is 0 Å². The zero-order chi connectivity index (χ0) is 20.7. The van der Waals surface area contributed by atoms with Gasteiger partial charge in [0.15, 0.2) is 6.61 Å². The van der Waals surface area contributed by atoms with Gasteiger partial charge in [-0.25, -0.2) is 4.39 Å². The minimum Gasteiger partial charge on any atom is -0.497 e. The molecule has 2 rings (SSSR count). The average Bonchev–Trinajstić information content (AvgIpc) is 2.65. The van der Waals surface area contributed by atoms with E-state index in [0.29, 0.717) is 17.2 Å². The molecule has 0 saturated heterocycles. The second kappa shape index (κ2) is 9.21. The van der Waals surface area contributed by atoms with E-state index in [-0.39, 0.29) is 30.8 Å². The van der Waals surface area contributed by atoms with Gasteiger partial charge < -0.3 is 19.7 Å². The molecule has 0 bridgehead atoms. The first-order chi connectivity index (χ1) is 13.2. The van der Waals surface area contributed by atoms with Crippen LogP contribution in [0.2, 0.25) is 0 Å². The summed E-state index contributed by atoms with van der Waals surface area (Å²) in [6.45, 7) is 5.16. The summed E-state index contributed by atoms with van der Waals surface area (Å²) in [7, 11) is 1.57. The molecule has 0 unspecified atom stereocenters. The molecule has 0 heterocycles. The largest absolute Gasteiger partial charge is 0.497 e. The monoisotopic (exact) mass is 388 g/mol. The van der Waals surface area contributed by atoms with Crippen LogP contribution in [0.15, 0.2) is 48.5 Å². The predicted octanol–water partition coefficient (Wildman–Crippen LogP) is 3.48. The molecule has 0 radical (unpaired) electrons. The van der Waals surface area contributed by atoms with Gasteiger partial charge >= 0.3 is 0 Å². The summed E-state index contributed by atoms with van der Waals surface area (Å²) < 4.78 is 23.6. The zero-order valence-corrected chi connectivity index (χ0v) is 16.5. The molecule has 0 fully saturated rings. The second-order valence-corrected chi connectivity index (χ2v) is 7.17. The van der Waals surface area contributed by atoms with Gasteiger partial charge in [0.2, 0.25) is 5.91 Å². The number of hydrogen-bond donors (Lipinski definition) is 1. The highest BCUT2D eigenvalue weighted by molar-refractivity contribution is 5.94.